The first kappa shape index (κ1) is 22.8. The van der Waals surface area contributed by atoms with Gasteiger partial charge in [0.05, 0.1) is 30.3 Å². The van der Waals surface area contributed by atoms with Crippen LogP contribution < -0.4 is 15.4 Å². The average Bonchev–Trinajstić information content (AvgIpc) is 2.85. The molecule has 0 bridgehead atoms. The fourth-order valence-electron chi connectivity index (χ4n) is 3.35. The second-order valence-electron chi connectivity index (χ2n) is 7.36. The Morgan fingerprint density at radius 2 is 1.61 bits per heavy atom. The first-order valence-corrected chi connectivity index (χ1v) is 12.0. The highest BCUT2D eigenvalue weighted by Gasteiger charge is 2.27. The van der Waals surface area contributed by atoms with Crippen molar-refractivity contribution in [1.82, 2.24) is 4.31 Å². The normalized spacial score (nSPS) is 14.4. The third kappa shape index (κ3) is 5.89. The number of benzene rings is 3. The Hall–Kier alpha value is -3.40. The zero-order chi connectivity index (χ0) is 23.1. The van der Waals surface area contributed by atoms with E-state index in [9.17, 15) is 13.2 Å². The molecule has 0 atom stereocenters. The van der Waals surface area contributed by atoms with Gasteiger partial charge in [0.1, 0.15) is 5.75 Å². The number of ether oxygens (including phenoxy) is 2. The van der Waals surface area contributed by atoms with E-state index in [1.165, 1.54) is 16.4 Å². The number of nitrogens with zero attached hydrogens (tertiary/aromatic N) is 1. The lowest BCUT2D eigenvalue weighted by Crippen LogP contribution is -2.40. The Labute approximate surface area is 193 Å². The average molecular weight is 468 g/mol. The number of hydrogen-bond donors (Lipinski definition) is 2. The molecule has 0 aliphatic carbocycles. The Balaban J connectivity index is 1.56. The van der Waals surface area contributed by atoms with Crippen LogP contribution in [0.15, 0.2) is 83.8 Å². The van der Waals surface area contributed by atoms with Crippen molar-refractivity contribution in [2.45, 2.75) is 4.90 Å². The molecule has 3 aromatic rings. The summed E-state index contributed by atoms with van der Waals surface area (Å²) in [5.41, 5.74) is 1.07. The Kier molecular flexibility index (Phi) is 7.23. The first-order chi connectivity index (χ1) is 16.0. The maximum absolute atomic E-state index is 13.1. The molecule has 1 aliphatic heterocycles. The topological polar surface area (TPSA) is 97.0 Å². The van der Waals surface area contributed by atoms with E-state index in [4.69, 9.17) is 9.47 Å². The fraction of sp³-hybridized carbons (Fsp3) is 0.208. The van der Waals surface area contributed by atoms with Crippen LogP contribution in [0.2, 0.25) is 0 Å². The zero-order valence-electron chi connectivity index (χ0n) is 17.9. The van der Waals surface area contributed by atoms with Crippen molar-refractivity contribution in [2.75, 3.05) is 43.5 Å². The molecule has 3 aromatic carbocycles. The molecule has 33 heavy (non-hydrogen) atoms. The van der Waals surface area contributed by atoms with Gasteiger partial charge < -0.3 is 20.1 Å². The summed E-state index contributed by atoms with van der Waals surface area (Å²) in [6, 6.07) is 22.8. The number of sulfonamides is 1. The number of nitrogens with one attached hydrogen (secondary N) is 2. The largest absolute Gasteiger partial charge is 0.455 e. The third-order valence-corrected chi connectivity index (χ3v) is 6.92. The van der Waals surface area contributed by atoms with Crippen LogP contribution in [0.3, 0.4) is 0 Å². The van der Waals surface area contributed by atoms with Gasteiger partial charge in [-0.1, -0.05) is 36.4 Å². The molecule has 0 saturated carbocycles. The molecule has 0 aromatic heterocycles. The van der Waals surface area contributed by atoms with Crippen LogP contribution in [-0.2, 0) is 19.6 Å². The molecule has 4 rings (SSSR count). The highest BCUT2D eigenvalue weighted by molar-refractivity contribution is 7.89. The minimum Gasteiger partial charge on any atom is -0.455 e. The first-order valence-electron chi connectivity index (χ1n) is 10.6. The van der Waals surface area contributed by atoms with Gasteiger partial charge in [-0.25, -0.2) is 8.42 Å². The van der Waals surface area contributed by atoms with Crippen LogP contribution >= 0.6 is 0 Å². The quantitative estimate of drug-likeness (QED) is 0.526. The second kappa shape index (κ2) is 10.5. The molecule has 0 spiro atoms. The number of para-hydroxylation sites is 2. The summed E-state index contributed by atoms with van der Waals surface area (Å²) in [7, 11) is -3.70. The number of carbonyl (C=O) groups excluding carboxylic acids is 1. The molecule has 9 heteroatoms. The molecule has 1 heterocycles. The van der Waals surface area contributed by atoms with Crippen molar-refractivity contribution in [2.24, 2.45) is 0 Å². The highest BCUT2D eigenvalue weighted by Crippen LogP contribution is 2.32. The maximum Gasteiger partial charge on any atom is 0.243 e. The molecular formula is C24H25N3O5S. The van der Waals surface area contributed by atoms with Gasteiger partial charge in [-0.15, -0.1) is 0 Å². The van der Waals surface area contributed by atoms with Crippen LogP contribution in [0, 0.1) is 0 Å². The summed E-state index contributed by atoms with van der Waals surface area (Å²) in [6.07, 6.45) is 0. The molecular weight excluding hydrogens is 442 g/mol. The van der Waals surface area contributed by atoms with E-state index in [2.05, 4.69) is 10.6 Å². The van der Waals surface area contributed by atoms with Crippen molar-refractivity contribution >= 4 is 27.3 Å². The van der Waals surface area contributed by atoms with Gasteiger partial charge in [0.2, 0.25) is 15.9 Å². The van der Waals surface area contributed by atoms with Crippen LogP contribution in [0.4, 0.5) is 11.4 Å². The predicted octanol–water partition coefficient (Wildman–Crippen LogP) is 3.55. The van der Waals surface area contributed by atoms with E-state index in [0.717, 1.165) is 0 Å². The SMILES string of the molecule is O=C(CNc1cc(S(=O)(=O)N2CCOCC2)ccc1Oc1ccccc1)Nc1ccccc1. The lowest BCUT2D eigenvalue weighted by Gasteiger charge is -2.26. The summed E-state index contributed by atoms with van der Waals surface area (Å²) in [4.78, 5) is 12.6. The molecule has 8 nitrogen and oxygen atoms in total. The minimum absolute atomic E-state index is 0.0684. The molecule has 1 saturated heterocycles. The summed E-state index contributed by atoms with van der Waals surface area (Å²) in [5.74, 6) is 0.737. The van der Waals surface area contributed by atoms with Crippen molar-refractivity contribution in [1.29, 1.82) is 0 Å². The van der Waals surface area contributed by atoms with Gasteiger partial charge >= 0.3 is 0 Å². The summed E-state index contributed by atoms with van der Waals surface area (Å²) >= 11 is 0. The lowest BCUT2D eigenvalue weighted by molar-refractivity contribution is -0.114. The summed E-state index contributed by atoms with van der Waals surface area (Å²) < 4.78 is 38.8. The van der Waals surface area contributed by atoms with Gasteiger partial charge in [-0.2, -0.15) is 4.31 Å². The van der Waals surface area contributed by atoms with Gasteiger partial charge in [0.15, 0.2) is 5.75 Å². The van der Waals surface area contributed by atoms with E-state index < -0.39 is 10.0 Å². The fourth-order valence-corrected chi connectivity index (χ4v) is 4.79. The van der Waals surface area contributed by atoms with Gasteiger partial charge in [-0.3, -0.25) is 4.79 Å². The van der Waals surface area contributed by atoms with E-state index in [0.29, 0.717) is 49.2 Å². The van der Waals surface area contributed by atoms with Crippen LogP contribution in [0.5, 0.6) is 11.5 Å². The Morgan fingerprint density at radius 3 is 2.30 bits per heavy atom. The minimum atomic E-state index is -3.70. The monoisotopic (exact) mass is 467 g/mol. The molecule has 0 radical (unpaired) electrons. The van der Waals surface area contributed by atoms with E-state index in [1.54, 1.807) is 30.3 Å². The van der Waals surface area contributed by atoms with E-state index in [-0.39, 0.29) is 17.3 Å². The molecule has 1 fully saturated rings. The van der Waals surface area contributed by atoms with Gasteiger partial charge in [0.25, 0.3) is 0 Å². The van der Waals surface area contributed by atoms with Crippen LogP contribution in [0.25, 0.3) is 0 Å². The van der Waals surface area contributed by atoms with Crippen molar-refractivity contribution in [3.05, 3.63) is 78.9 Å². The van der Waals surface area contributed by atoms with Crippen LogP contribution in [-0.4, -0.2) is 51.5 Å². The number of amides is 1. The highest BCUT2D eigenvalue weighted by atomic mass is 32.2. The Morgan fingerprint density at radius 1 is 0.939 bits per heavy atom. The smallest absolute Gasteiger partial charge is 0.243 e. The van der Waals surface area contributed by atoms with E-state index in [1.807, 2.05) is 36.4 Å². The molecule has 172 valence electrons. The summed E-state index contributed by atoms with van der Waals surface area (Å²) in [6.45, 7) is 1.25. The van der Waals surface area contributed by atoms with Crippen molar-refractivity contribution < 1.29 is 22.7 Å². The summed E-state index contributed by atoms with van der Waals surface area (Å²) in [5, 5.41) is 5.82. The number of morpholine rings is 1. The van der Waals surface area contributed by atoms with Crippen LogP contribution in [0.1, 0.15) is 0 Å². The maximum atomic E-state index is 13.1. The molecule has 1 amide bonds. The predicted molar refractivity (Wildman–Crippen MR) is 126 cm³/mol. The Bertz CT molecular complexity index is 1180. The van der Waals surface area contributed by atoms with Crippen molar-refractivity contribution in [3.8, 4) is 11.5 Å². The lowest BCUT2D eigenvalue weighted by atomic mass is 10.2. The number of anilines is 2. The second-order valence-corrected chi connectivity index (χ2v) is 9.30. The standard InChI is InChI=1S/C24H25N3O5S/c28-24(26-19-7-3-1-4-8-19)18-25-22-17-21(33(29,30)27-13-15-31-16-14-27)11-12-23(22)32-20-9-5-2-6-10-20/h1-12,17,25H,13-16,18H2,(H,26,28). The van der Waals surface area contributed by atoms with Gasteiger partial charge in [0, 0.05) is 18.8 Å². The number of rotatable bonds is 8. The number of hydrogen-bond acceptors (Lipinski definition) is 6. The zero-order valence-corrected chi connectivity index (χ0v) is 18.8. The number of carbonyl (C=O) groups is 1. The third-order valence-electron chi connectivity index (χ3n) is 5.03. The van der Waals surface area contributed by atoms with Crippen molar-refractivity contribution in [3.63, 3.8) is 0 Å². The molecule has 2 N–H and O–H groups in total. The molecule has 1 aliphatic rings. The molecule has 0 unspecified atom stereocenters. The van der Waals surface area contributed by atoms with E-state index >= 15 is 0 Å². The van der Waals surface area contributed by atoms with Gasteiger partial charge in [-0.05, 0) is 42.5 Å².